The van der Waals surface area contributed by atoms with Crippen LogP contribution in [0.4, 0.5) is 4.39 Å². The molecule has 0 fully saturated rings. The molecule has 0 aliphatic rings. The van der Waals surface area contributed by atoms with Gasteiger partial charge in [-0.1, -0.05) is 12.1 Å². The van der Waals surface area contributed by atoms with E-state index in [-0.39, 0.29) is 29.8 Å². The summed E-state index contributed by atoms with van der Waals surface area (Å²) in [6.45, 7) is 3.27. The van der Waals surface area contributed by atoms with Crippen LogP contribution in [0.2, 0.25) is 0 Å². The summed E-state index contributed by atoms with van der Waals surface area (Å²) in [6, 6.07) is 10.7. The van der Waals surface area contributed by atoms with E-state index >= 15 is 0 Å². The molecule has 2 rings (SSSR count). The van der Waals surface area contributed by atoms with Crippen molar-refractivity contribution in [3.63, 3.8) is 0 Å². The number of rotatable bonds is 5. The number of aliphatic imine (C=N–C) groups is 1. The number of aromatic nitrogens is 1. The van der Waals surface area contributed by atoms with Gasteiger partial charge in [0.25, 0.3) is 0 Å². The molecular formula is C17H22FIN4. The zero-order valence-corrected chi connectivity index (χ0v) is 15.7. The van der Waals surface area contributed by atoms with Gasteiger partial charge in [-0.3, -0.25) is 9.98 Å². The van der Waals surface area contributed by atoms with Gasteiger partial charge in [0.05, 0.1) is 12.2 Å². The lowest BCUT2D eigenvalue weighted by Crippen LogP contribution is -2.38. The van der Waals surface area contributed by atoms with E-state index < -0.39 is 0 Å². The van der Waals surface area contributed by atoms with Crippen molar-refractivity contribution in [1.82, 2.24) is 15.6 Å². The fraction of sp³-hybridized carbons (Fsp3) is 0.294. The number of hydrogen-bond acceptors (Lipinski definition) is 2. The Labute approximate surface area is 153 Å². The number of nitrogens with one attached hydrogen (secondary N) is 2. The van der Waals surface area contributed by atoms with Gasteiger partial charge in [0.2, 0.25) is 0 Å². The maximum Gasteiger partial charge on any atom is 0.191 e. The summed E-state index contributed by atoms with van der Waals surface area (Å²) in [5, 5.41) is 6.46. The fourth-order valence-electron chi connectivity index (χ4n) is 2.15. The van der Waals surface area contributed by atoms with E-state index in [9.17, 15) is 4.39 Å². The Kier molecular flexibility index (Phi) is 8.53. The average molecular weight is 428 g/mol. The van der Waals surface area contributed by atoms with Crippen molar-refractivity contribution in [3.05, 3.63) is 65.2 Å². The van der Waals surface area contributed by atoms with Gasteiger partial charge in [-0.25, -0.2) is 4.39 Å². The van der Waals surface area contributed by atoms with Gasteiger partial charge >= 0.3 is 0 Å². The molecule has 4 nitrogen and oxygen atoms in total. The molecule has 0 saturated carbocycles. The maximum absolute atomic E-state index is 13.1. The monoisotopic (exact) mass is 428 g/mol. The van der Waals surface area contributed by atoms with E-state index in [0.29, 0.717) is 6.54 Å². The fourth-order valence-corrected chi connectivity index (χ4v) is 2.15. The highest BCUT2D eigenvalue weighted by molar-refractivity contribution is 14.0. The molecule has 6 heteroatoms. The summed E-state index contributed by atoms with van der Waals surface area (Å²) < 4.78 is 13.1. The number of benzene rings is 1. The minimum Gasteiger partial charge on any atom is -0.356 e. The van der Waals surface area contributed by atoms with Crippen LogP contribution in [0.25, 0.3) is 0 Å². The SMILES string of the molecule is CN=C(NCCc1ccc(F)cc1C)NCc1ccccn1.I. The van der Waals surface area contributed by atoms with E-state index in [4.69, 9.17) is 0 Å². The van der Waals surface area contributed by atoms with Gasteiger partial charge in [0, 0.05) is 19.8 Å². The van der Waals surface area contributed by atoms with E-state index in [2.05, 4.69) is 20.6 Å². The van der Waals surface area contributed by atoms with Crippen LogP contribution >= 0.6 is 24.0 Å². The van der Waals surface area contributed by atoms with Gasteiger partial charge in [-0.2, -0.15) is 0 Å². The molecular weight excluding hydrogens is 406 g/mol. The van der Waals surface area contributed by atoms with Gasteiger partial charge in [-0.05, 0) is 48.7 Å². The third kappa shape index (κ3) is 6.52. The van der Waals surface area contributed by atoms with Crippen molar-refractivity contribution in [1.29, 1.82) is 0 Å². The summed E-state index contributed by atoms with van der Waals surface area (Å²) in [4.78, 5) is 8.43. The highest BCUT2D eigenvalue weighted by atomic mass is 127. The van der Waals surface area contributed by atoms with Crippen LogP contribution in [0.1, 0.15) is 16.8 Å². The van der Waals surface area contributed by atoms with Gasteiger partial charge in [0.15, 0.2) is 5.96 Å². The molecule has 124 valence electrons. The molecule has 0 atom stereocenters. The molecule has 0 aliphatic carbocycles. The molecule has 0 saturated heterocycles. The molecule has 0 spiro atoms. The highest BCUT2D eigenvalue weighted by Crippen LogP contribution is 2.10. The first kappa shape index (κ1) is 19.3. The summed E-state index contributed by atoms with van der Waals surface area (Å²) >= 11 is 0. The van der Waals surface area contributed by atoms with Crippen molar-refractivity contribution < 1.29 is 4.39 Å². The number of pyridine rings is 1. The first-order valence-corrected chi connectivity index (χ1v) is 7.28. The normalized spacial score (nSPS) is 10.8. The highest BCUT2D eigenvalue weighted by Gasteiger charge is 2.02. The van der Waals surface area contributed by atoms with E-state index in [1.807, 2.05) is 31.2 Å². The minimum atomic E-state index is -0.193. The van der Waals surface area contributed by atoms with E-state index in [1.165, 1.54) is 6.07 Å². The molecule has 23 heavy (non-hydrogen) atoms. The number of guanidine groups is 1. The number of nitrogens with zero attached hydrogens (tertiary/aromatic N) is 2. The number of halogens is 2. The van der Waals surface area contributed by atoms with Crippen molar-refractivity contribution in [2.45, 2.75) is 19.9 Å². The topological polar surface area (TPSA) is 49.3 Å². The smallest absolute Gasteiger partial charge is 0.191 e. The van der Waals surface area contributed by atoms with Gasteiger partial charge < -0.3 is 10.6 Å². The van der Waals surface area contributed by atoms with Crippen molar-refractivity contribution in [2.24, 2.45) is 4.99 Å². The molecule has 0 amide bonds. The molecule has 0 unspecified atom stereocenters. The van der Waals surface area contributed by atoms with Crippen LogP contribution < -0.4 is 10.6 Å². The first-order valence-electron chi connectivity index (χ1n) is 7.28. The van der Waals surface area contributed by atoms with Crippen LogP contribution in [0, 0.1) is 12.7 Å². The Morgan fingerprint density at radius 1 is 1.22 bits per heavy atom. The molecule has 1 heterocycles. The third-order valence-corrected chi connectivity index (χ3v) is 3.38. The second-order valence-electron chi connectivity index (χ2n) is 4.99. The molecule has 0 aliphatic heterocycles. The van der Waals surface area contributed by atoms with Crippen LogP contribution in [0.3, 0.4) is 0 Å². The number of aryl methyl sites for hydroxylation is 1. The molecule has 0 radical (unpaired) electrons. The largest absolute Gasteiger partial charge is 0.356 e. The lowest BCUT2D eigenvalue weighted by atomic mass is 10.1. The summed E-state index contributed by atoms with van der Waals surface area (Å²) in [6.07, 6.45) is 2.58. The lowest BCUT2D eigenvalue weighted by molar-refractivity contribution is 0.625. The Morgan fingerprint density at radius 3 is 2.70 bits per heavy atom. The zero-order chi connectivity index (χ0) is 15.8. The molecule has 2 N–H and O–H groups in total. The van der Waals surface area contributed by atoms with Crippen LogP contribution in [0.5, 0.6) is 0 Å². The molecule has 2 aromatic rings. The Bertz CT molecular complexity index is 632. The van der Waals surface area contributed by atoms with Gasteiger partial charge in [-0.15, -0.1) is 24.0 Å². The molecule has 0 bridgehead atoms. The maximum atomic E-state index is 13.1. The Balaban J connectivity index is 0.00000264. The quantitative estimate of drug-likeness (QED) is 0.438. The Hall–Kier alpha value is -1.70. The van der Waals surface area contributed by atoms with Crippen LogP contribution in [0.15, 0.2) is 47.6 Å². The third-order valence-electron chi connectivity index (χ3n) is 3.38. The Morgan fingerprint density at radius 2 is 2.04 bits per heavy atom. The number of hydrogen-bond donors (Lipinski definition) is 2. The van der Waals surface area contributed by atoms with E-state index in [1.54, 1.807) is 19.3 Å². The molecule has 1 aromatic carbocycles. The first-order chi connectivity index (χ1) is 10.7. The standard InChI is InChI=1S/C17H21FN4.HI/c1-13-11-15(18)7-6-14(13)8-10-21-17(19-2)22-12-16-5-3-4-9-20-16;/h3-7,9,11H,8,10,12H2,1-2H3,(H2,19,21,22);1H. The van der Waals surface area contributed by atoms with Crippen molar-refractivity contribution in [3.8, 4) is 0 Å². The summed E-state index contributed by atoms with van der Waals surface area (Å²) in [7, 11) is 1.73. The predicted octanol–water partition coefficient (Wildman–Crippen LogP) is 3.05. The van der Waals surface area contributed by atoms with Crippen LogP contribution in [-0.4, -0.2) is 24.5 Å². The second kappa shape index (κ2) is 10.1. The van der Waals surface area contributed by atoms with Crippen molar-refractivity contribution >= 4 is 29.9 Å². The summed E-state index contributed by atoms with van der Waals surface area (Å²) in [5.74, 6) is 0.535. The van der Waals surface area contributed by atoms with Crippen molar-refractivity contribution in [2.75, 3.05) is 13.6 Å². The lowest BCUT2D eigenvalue weighted by Gasteiger charge is -2.12. The average Bonchev–Trinajstić information content (AvgIpc) is 2.53. The van der Waals surface area contributed by atoms with Gasteiger partial charge in [0.1, 0.15) is 5.82 Å². The second-order valence-corrected chi connectivity index (χ2v) is 4.99. The van der Waals surface area contributed by atoms with Crippen LogP contribution in [-0.2, 0) is 13.0 Å². The molecule has 1 aromatic heterocycles. The summed E-state index contributed by atoms with van der Waals surface area (Å²) in [5.41, 5.74) is 3.06. The predicted molar refractivity (Wildman–Crippen MR) is 103 cm³/mol. The van der Waals surface area contributed by atoms with E-state index in [0.717, 1.165) is 35.7 Å². The minimum absolute atomic E-state index is 0. The zero-order valence-electron chi connectivity index (χ0n) is 13.3.